The number of esters is 1. The zero-order chi connectivity index (χ0) is 13.9. The van der Waals surface area contributed by atoms with Crippen LogP contribution in [-0.2, 0) is 16.0 Å². The van der Waals surface area contributed by atoms with Crippen LogP contribution in [0.4, 0.5) is 0 Å². The van der Waals surface area contributed by atoms with Gasteiger partial charge in [0.1, 0.15) is 0 Å². The number of rotatable bonds is 9. The molecule has 1 rings (SSSR count). The van der Waals surface area contributed by atoms with E-state index in [1.807, 2.05) is 0 Å². The number of hydrogen-bond acceptors (Lipinski definition) is 3. The molecule has 0 unspecified atom stereocenters. The second-order valence-electron chi connectivity index (χ2n) is 4.93. The summed E-state index contributed by atoms with van der Waals surface area (Å²) in [5, 5.41) is 0. The number of carbonyl (C=O) groups excluding carboxylic acids is 1. The highest BCUT2D eigenvalue weighted by molar-refractivity contribution is 5.69. The Labute approximate surface area is 116 Å². The van der Waals surface area contributed by atoms with Gasteiger partial charge in [-0.25, -0.2) is 0 Å². The Morgan fingerprint density at radius 2 is 1.79 bits per heavy atom. The third-order valence-electron chi connectivity index (χ3n) is 3.25. The van der Waals surface area contributed by atoms with Crippen molar-refractivity contribution in [3.63, 3.8) is 0 Å². The molecule has 0 N–H and O–H groups in total. The molecule has 0 radical (unpaired) electrons. The lowest BCUT2D eigenvalue weighted by Gasteiger charge is -2.15. The van der Waals surface area contributed by atoms with Gasteiger partial charge in [-0.2, -0.15) is 0 Å². The number of nitrogens with zero attached hydrogens (tertiary/aromatic N) is 1. The zero-order valence-electron chi connectivity index (χ0n) is 12.1. The molecule has 0 aliphatic heterocycles. The molecule has 0 heterocycles. The van der Waals surface area contributed by atoms with Crippen LogP contribution >= 0.6 is 0 Å². The fourth-order valence-electron chi connectivity index (χ4n) is 2.06. The van der Waals surface area contributed by atoms with E-state index in [2.05, 4.69) is 47.0 Å². The molecular formula is C16H25NO2. The van der Waals surface area contributed by atoms with Crippen LogP contribution in [-0.4, -0.2) is 38.1 Å². The highest BCUT2D eigenvalue weighted by Gasteiger charge is 2.02. The van der Waals surface area contributed by atoms with E-state index in [0.717, 1.165) is 25.9 Å². The van der Waals surface area contributed by atoms with E-state index in [1.54, 1.807) is 0 Å². The first-order valence-corrected chi connectivity index (χ1v) is 7.01. The topological polar surface area (TPSA) is 29.5 Å². The zero-order valence-corrected chi connectivity index (χ0v) is 12.1. The Kier molecular flexibility index (Phi) is 7.91. The van der Waals surface area contributed by atoms with Crippen molar-refractivity contribution in [2.75, 3.05) is 27.2 Å². The molecule has 0 atom stereocenters. The maximum atomic E-state index is 11.0. The van der Waals surface area contributed by atoms with Crippen molar-refractivity contribution >= 4 is 5.97 Å². The molecule has 106 valence electrons. The van der Waals surface area contributed by atoms with E-state index in [9.17, 15) is 4.79 Å². The maximum Gasteiger partial charge on any atom is 0.305 e. The summed E-state index contributed by atoms with van der Waals surface area (Å²) in [6.45, 7) is 2.05. The van der Waals surface area contributed by atoms with Gasteiger partial charge in [0, 0.05) is 6.42 Å². The molecule has 3 heteroatoms. The molecule has 0 fully saturated rings. The van der Waals surface area contributed by atoms with Crippen LogP contribution in [0.15, 0.2) is 30.3 Å². The predicted molar refractivity (Wildman–Crippen MR) is 78.1 cm³/mol. The summed E-state index contributed by atoms with van der Waals surface area (Å²) in [5.74, 6) is -0.113. The van der Waals surface area contributed by atoms with Gasteiger partial charge in [-0.05, 0) is 51.4 Å². The van der Waals surface area contributed by atoms with Gasteiger partial charge < -0.3 is 9.64 Å². The minimum Gasteiger partial charge on any atom is -0.469 e. The molecule has 0 bridgehead atoms. The fraction of sp³-hybridized carbons (Fsp3) is 0.562. The van der Waals surface area contributed by atoms with Gasteiger partial charge in [0.25, 0.3) is 0 Å². The summed E-state index contributed by atoms with van der Waals surface area (Å²) < 4.78 is 4.62. The van der Waals surface area contributed by atoms with Crippen LogP contribution < -0.4 is 0 Å². The van der Waals surface area contributed by atoms with E-state index >= 15 is 0 Å². The van der Waals surface area contributed by atoms with Gasteiger partial charge in [-0.15, -0.1) is 0 Å². The van der Waals surface area contributed by atoms with Gasteiger partial charge >= 0.3 is 5.97 Å². The Morgan fingerprint density at radius 3 is 2.47 bits per heavy atom. The number of methoxy groups -OCH3 is 1. The first kappa shape index (κ1) is 15.7. The van der Waals surface area contributed by atoms with E-state index in [4.69, 9.17) is 0 Å². The molecular weight excluding hydrogens is 238 g/mol. The van der Waals surface area contributed by atoms with Gasteiger partial charge in [0.05, 0.1) is 7.11 Å². The van der Waals surface area contributed by atoms with Gasteiger partial charge in [-0.3, -0.25) is 4.79 Å². The smallest absolute Gasteiger partial charge is 0.305 e. The van der Waals surface area contributed by atoms with Crippen LogP contribution in [0.1, 0.15) is 31.2 Å². The molecule has 19 heavy (non-hydrogen) atoms. The first-order chi connectivity index (χ1) is 9.22. The Morgan fingerprint density at radius 1 is 1.11 bits per heavy atom. The van der Waals surface area contributed by atoms with E-state index in [1.165, 1.54) is 25.5 Å². The Balaban J connectivity index is 2.01. The highest BCUT2D eigenvalue weighted by atomic mass is 16.5. The number of unbranched alkanes of at least 4 members (excludes halogenated alkanes) is 1. The van der Waals surface area contributed by atoms with Crippen LogP contribution in [0.5, 0.6) is 0 Å². The second-order valence-corrected chi connectivity index (χ2v) is 4.93. The monoisotopic (exact) mass is 263 g/mol. The molecule has 0 saturated carbocycles. The van der Waals surface area contributed by atoms with Crippen molar-refractivity contribution < 1.29 is 9.53 Å². The number of carbonyl (C=O) groups is 1. The SMILES string of the molecule is COC(=O)CCCN(C)CCCCc1ccccc1. The third-order valence-corrected chi connectivity index (χ3v) is 3.25. The Hall–Kier alpha value is -1.35. The average molecular weight is 263 g/mol. The summed E-state index contributed by atoms with van der Waals surface area (Å²) >= 11 is 0. The molecule has 0 aromatic heterocycles. The van der Waals surface area contributed by atoms with Gasteiger partial charge in [0.15, 0.2) is 0 Å². The van der Waals surface area contributed by atoms with Crippen molar-refractivity contribution in [1.82, 2.24) is 4.90 Å². The molecule has 1 aromatic rings. The van der Waals surface area contributed by atoms with Crippen LogP contribution in [0, 0.1) is 0 Å². The minimum absolute atomic E-state index is 0.113. The summed E-state index contributed by atoms with van der Waals surface area (Å²) in [7, 11) is 3.55. The summed E-state index contributed by atoms with van der Waals surface area (Å²) in [6.07, 6.45) is 4.96. The normalized spacial score (nSPS) is 10.7. The van der Waals surface area contributed by atoms with Crippen molar-refractivity contribution in [2.45, 2.75) is 32.1 Å². The highest BCUT2D eigenvalue weighted by Crippen LogP contribution is 2.05. The van der Waals surface area contributed by atoms with Gasteiger partial charge in [0.2, 0.25) is 0 Å². The second kappa shape index (κ2) is 9.56. The van der Waals surface area contributed by atoms with Crippen LogP contribution in [0.2, 0.25) is 0 Å². The third kappa shape index (κ3) is 7.62. The predicted octanol–water partition coefficient (Wildman–Crippen LogP) is 2.89. The quantitative estimate of drug-likeness (QED) is 0.507. The fourth-order valence-corrected chi connectivity index (χ4v) is 2.06. The lowest BCUT2D eigenvalue weighted by atomic mass is 10.1. The van der Waals surface area contributed by atoms with Crippen LogP contribution in [0.3, 0.4) is 0 Å². The number of aryl methyl sites for hydroxylation is 1. The standard InChI is InChI=1S/C16H25NO2/c1-17(14-8-12-16(18)19-2)13-7-6-11-15-9-4-3-5-10-15/h3-5,9-10H,6-8,11-14H2,1-2H3. The molecule has 0 spiro atoms. The first-order valence-electron chi connectivity index (χ1n) is 7.01. The van der Waals surface area contributed by atoms with Crippen molar-refractivity contribution in [1.29, 1.82) is 0 Å². The summed E-state index contributed by atoms with van der Waals surface area (Å²) in [5.41, 5.74) is 1.41. The van der Waals surface area contributed by atoms with E-state index in [-0.39, 0.29) is 5.97 Å². The van der Waals surface area contributed by atoms with E-state index in [0.29, 0.717) is 6.42 Å². The average Bonchev–Trinajstić information content (AvgIpc) is 2.44. The molecule has 0 aliphatic carbocycles. The van der Waals surface area contributed by atoms with Crippen molar-refractivity contribution in [3.05, 3.63) is 35.9 Å². The lowest BCUT2D eigenvalue weighted by Crippen LogP contribution is -2.21. The maximum absolute atomic E-state index is 11.0. The van der Waals surface area contributed by atoms with Crippen molar-refractivity contribution in [2.24, 2.45) is 0 Å². The van der Waals surface area contributed by atoms with Crippen LogP contribution in [0.25, 0.3) is 0 Å². The summed E-state index contributed by atoms with van der Waals surface area (Å²) in [4.78, 5) is 13.3. The molecule has 3 nitrogen and oxygen atoms in total. The number of ether oxygens (including phenoxy) is 1. The molecule has 1 aromatic carbocycles. The van der Waals surface area contributed by atoms with E-state index < -0.39 is 0 Å². The lowest BCUT2D eigenvalue weighted by molar-refractivity contribution is -0.140. The number of benzene rings is 1. The minimum atomic E-state index is -0.113. The van der Waals surface area contributed by atoms with Crippen molar-refractivity contribution in [3.8, 4) is 0 Å². The molecule has 0 saturated heterocycles. The molecule has 0 aliphatic rings. The van der Waals surface area contributed by atoms with Gasteiger partial charge in [-0.1, -0.05) is 30.3 Å². The largest absolute Gasteiger partial charge is 0.469 e. The Bertz CT molecular complexity index is 351. The molecule has 0 amide bonds. The summed E-state index contributed by atoms with van der Waals surface area (Å²) in [6, 6.07) is 10.6. The number of hydrogen-bond donors (Lipinski definition) is 0.